The Bertz CT molecular complexity index is 739. The van der Waals surface area contributed by atoms with Gasteiger partial charge >= 0.3 is 5.97 Å². The summed E-state index contributed by atoms with van der Waals surface area (Å²) in [5.74, 6) is -0.913. The molecule has 0 aromatic heterocycles. The van der Waals surface area contributed by atoms with E-state index >= 15 is 0 Å². The first-order chi connectivity index (χ1) is 11.4. The first-order valence-corrected chi connectivity index (χ1v) is 8.15. The van der Waals surface area contributed by atoms with Crippen molar-refractivity contribution in [3.05, 3.63) is 63.6 Å². The van der Waals surface area contributed by atoms with Gasteiger partial charge in [0.1, 0.15) is 0 Å². The van der Waals surface area contributed by atoms with E-state index in [2.05, 4.69) is 5.32 Å². The van der Waals surface area contributed by atoms with Gasteiger partial charge in [-0.3, -0.25) is 4.79 Å². The molecular formula is C18H17Cl2NO3. The average molecular weight is 366 g/mol. The minimum atomic E-state index is -0.738. The summed E-state index contributed by atoms with van der Waals surface area (Å²) < 4.78 is 5.00. The van der Waals surface area contributed by atoms with Crippen LogP contribution in [0.4, 0.5) is 5.69 Å². The molecular weight excluding hydrogens is 349 g/mol. The number of hydrogen-bond donors (Lipinski definition) is 1. The highest BCUT2D eigenvalue weighted by Crippen LogP contribution is 2.25. The number of amides is 1. The molecule has 1 amide bonds. The smallest absolute Gasteiger partial charge is 0.341 e. The van der Waals surface area contributed by atoms with Crippen LogP contribution < -0.4 is 5.32 Å². The number of para-hydroxylation sites is 1. The van der Waals surface area contributed by atoms with Gasteiger partial charge < -0.3 is 10.1 Å². The first-order valence-electron chi connectivity index (χ1n) is 7.40. The molecule has 1 N–H and O–H groups in total. The molecule has 6 heteroatoms. The maximum Gasteiger partial charge on any atom is 0.341 e. The largest absolute Gasteiger partial charge is 0.452 e. The summed E-state index contributed by atoms with van der Waals surface area (Å²) >= 11 is 11.9. The Morgan fingerprint density at radius 3 is 2.29 bits per heavy atom. The average Bonchev–Trinajstić information content (AvgIpc) is 2.53. The Morgan fingerprint density at radius 2 is 1.67 bits per heavy atom. The normalized spacial score (nSPS) is 10.5. The second-order valence-electron chi connectivity index (χ2n) is 5.46. The topological polar surface area (TPSA) is 55.4 Å². The van der Waals surface area contributed by atoms with E-state index in [1.165, 1.54) is 12.1 Å². The summed E-state index contributed by atoms with van der Waals surface area (Å²) in [7, 11) is 0. The molecule has 0 bridgehead atoms. The van der Waals surface area contributed by atoms with Crippen LogP contribution in [0.5, 0.6) is 0 Å². The standard InChI is InChI=1S/C18H17Cl2NO3/c1-11(2)12-6-3-4-9-15(12)21-16(22)10-24-18(23)17-13(19)7-5-8-14(17)20/h3-9,11H,10H2,1-2H3,(H,21,22). The zero-order valence-electron chi connectivity index (χ0n) is 13.3. The fraction of sp³-hybridized carbons (Fsp3) is 0.222. The van der Waals surface area contributed by atoms with E-state index in [0.29, 0.717) is 5.69 Å². The molecule has 0 aliphatic carbocycles. The summed E-state index contributed by atoms with van der Waals surface area (Å²) in [6, 6.07) is 12.2. The molecule has 2 aromatic rings. The minimum Gasteiger partial charge on any atom is -0.452 e. The monoisotopic (exact) mass is 365 g/mol. The van der Waals surface area contributed by atoms with Gasteiger partial charge in [-0.15, -0.1) is 0 Å². The van der Waals surface area contributed by atoms with Crippen LogP contribution in [0, 0.1) is 0 Å². The Kier molecular flexibility index (Phi) is 6.23. The predicted molar refractivity (Wildman–Crippen MR) is 95.9 cm³/mol. The zero-order chi connectivity index (χ0) is 17.7. The van der Waals surface area contributed by atoms with Crippen molar-refractivity contribution >= 4 is 40.8 Å². The number of rotatable bonds is 5. The maximum absolute atomic E-state index is 12.0. The van der Waals surface area contributed by atoms with E-state index in [-0.39, 0.29) is 21.5 Å². The Morgan fingerprint density at radius 1 is 1.04 bits per heavy atom. The third kappa shape index (κ3) is 4.49. The van der Waals surface area contributed by atoms with Gasteiger partial charge in [0.25, 0.3) is 5.91 Å². The summed E-state index contributed by atoms with van der Waals surface area (Å²) in [4.78, 5) is 24.1. The van der Waals surface area contributed by atoms with Gasteiger partial charge in [-0.25, -0.2) is 4.79 Å². The molecule has 0 heterocycles. The highest BCUT2D eigenvalue weighted by Gasteiger charge is 2.17. The number of halogens is 2. The SMILES string of the molecule is CC(C)c1ccccc1NC(=O)COC(=O)c1c(Cl)cccc1Cl. The van der Waals surface area contributed by atoms with Gasteiger partial charge in [-0.05, 0) is 29.7 Å². The van der Waals surface area contributed by atoms with Crippen LogP contribution >= 0.6 is 23.2 Å². The molecule has 0 saturated heterocycles. The fourth-order valence-electron chi connectivity index (χ4n) is 2.20. The molecule has 0 spiro atoms. The maximum atomic E-state index is 12.0. The summed E-state index contributed by atoms with van der Waals surface area (Å²) in [6.45, 7) is 3.64. The van der Waals surface area contributed by atoms with Crippen molar-refractivity contribution in [2.24, 2.45) is 0 Å². The molecule has 0 unspecified atom stereocenters. The van der Waals surface area contributed by atoms with Gasteiger partial charge in [-0.1, -0.05) is 61.3 Å². The van der Waals surface area contributed by atoms with Crippen molar-refractivity contribution in [2.45, 2.75) is 19.8 Å². The second-order valence-corrected chi connectivity index (χ2v) is 6.28. The Balaban J connectivity index is 2.00. The van der Waals surface area contributed by atoms with Crippen molar-refractivity contribution < 1.29 is 14.3 Å². The molecule has 4 nitrogen and oxygen atoms in total. The number of carbonyl (C=O) groups excluding carboxylic acids is 2. The number of hydrogen-bond acceptors (Lipinski definition) is 3. The quantitative estimate of drug-likeness (QED) is 0.765. The number of esters is 1. The van der Waals surface area contributed by atoms with Crippen LogP contribution in [0.3, 0.4) is 0 Å². The Hall–Kier alpha value is -2.04. The molecule has 0 fully saturated rings. The van der Waals surface area contributed by atoms with Gasteiger partial charge in [0, 0.05) is 5.69 Å². The van der Waals surface area contributed by atoms with Crippen molar-refractivity contribution in [3.63, 3.8) is 0 Å². The summed E-state index contributed by atoms with van der Waals surface area (Å²) in [6.07, 6.45) is 0. The van der Waals surface area contributed by atoms with E-state index in [4.69, 9.17) is 27.9 Å². The van der Waals surface area contributed by atoms with E-state index in [1.807, 2.05) is 32.0 Å². The van der Waals surface area contributed by atoms with Crippen molar-refractivity contribution in [1.82, 2.24) is 0 Å². The lowest BCUT2D eigenvalue weighted by atomic mass is 10.0. The first kappa shape index (κ1) is 18.3. The van der Waals surface area contributed by atoms with Crippen LogP contribution in [-0.2, 0) is 9.53 Å². The molecule has 2 rings (SSSR count). The molecule has 0 aliphatic heterocycles. The van der Waals surface area contributed by atoms with E-state index in [9.17, 15) is 9.59 Å². The number of carbonyl (C=O) groups is 2. The number of nitrogens with one attached hydrogen (secondary N) is 1. The highest BCUT2D eigenvalue weighted by atomic mass is 35.5. The number of anilines is 1. The Labute approximate surface area is 150 Å². The third-order valence-corrected chi connectivity index (χ3v) is 3.99. The minimum absolute atomic E-state index is 0.0520. The van der Waals surface area contributed by atoms with Crippen LogP contribution in [0.25, 0.3) is 0 Å². The van der Waals surface area contributed by atoms with Crippen molar-refractivity contribution in [2.75, 3.05) is 11.9 Å². The van der Waals surface area contributed by atoms with E-state index in [1.54, 1.807) is 12.1 Å². The summed E-state index contributed by atoms with van der Waals surface area (Å²) in [5, 5.41) is 3.10. The number of benzene rings is 2. The predicted octanol–water partition coefficient (Wildman–Crippen LogP) is 4.91. The lowest BCUT2D eigenvalue weighted by molar-refractivity contribution is -0.119. The molecule has 0 atom stereocenters. The highest BCUT2D eigenvalue weighted by molar-refractivity contribution is 6.39. The van der Waals surface area contributed by atoms with Crippen LogP contribution in [0.1, 0.15) is 35.7 Å². The molecule has 126 valence electrons. The van der Waals surface area contributed by atoms with Crippen molar-refractivity contribution in [3.8, 4) is 0 Å². The van der Waals surface area contributed by atoms with Crippen LogP contribution in [0.2, 0.25) is 10.0 Å². The van der Waals surface area contributed by atoms with E-state index in [0.717, 1.165) is 5.56 Å². The fourth-order valence-corrected chi connectivity index (χ4v) is 2.75. The molecule has 0 radical (unpaired) electrons. The molecule has 2 aromatic carbocycles. The van der Waals surface area contributed by atoms with Crippen molar-refractivity contribution in [1.29, 1.82) is 0 Å². The van der Waals surface area contributed by atoms with Gasteiger partial charge in [0.05, 0.1) is 15.6 Å². The van der Waals surface area contributed by atoms with Crippen LogP contribution in [0.15, 0.2) is 42.5 Å². The molecule has 0 aliphatic rings. The molecule has 0 saturated carbocycles. The van der Waals surface area contributed by atoms with Gasteiger partial charge in [0.2, 0.25) is 0 Å². The third-order valence-electron chi connectivity index (χ3n) is 3.36. The number of ether oxygens (including phenoxy) is 1. The van der Waals surface area contributed by atoms with E-state index < -0.39 is 18.5 Å². The van der Waals surface area contributed by atoms with Crippen LogP contribution in [-0.4, -0.2) is 18.5 Å². The van der Waals surface area contributed by atoms with Gasteiger partial charge in [0.15, 0.2) is 6.61 Å². The lowest BCUT2D eigenvalue weighted by Gasteiger charge is -2.14. The molecule has 24 heavy (non-hydrogen) atoms. The summed E-state index contributed by atoms with van der Waals surface area (Å²) in [5.41, 5.74) is 1.76. The lowest BCUT2D eigenvalue weighted by Crippen LogP contribution is -2.22. The second kappa shape index (κ2) is 8.18. The zero-order valence-corrected chi connectivity index (χ0v) is 14.8. The van der Waals surface area contributed by atoms with Gasteiger partial charge in [-0.2, -0.15) is 0 Å².